The standard InChI is InChI=1S/C30H29BrN2O5S/c1-4-19(3)38-27-24(31)15-21(16-25(27)37-5-2)17-26-28(34)33(18-20-11-13-22(14-12-20)29(35)36)30(39-26)32-23-9-7-6-8-10-23/h6-17,19H,4-5,18H2,1-3H3,(H,35,36)/p-1/b26-17-,32-30?/t19-/m1/s1. The van der Waals surface area contributed by atoms with Gasteiger partial charge in [-0.3, -0.25) is 9.69 Å². The molecule has 1 amide bonds. The Hall–Kier alpha value is -3.56. The van der Waals surface area contributed by atoms with Gasteiger partial charge in [-0.2, -0.15) is 0 Å². The molecule has 0 saturated carbocycles. The smallest absolute Gasteiger partial charge is 0.267 e. The first-order chi connectivity index (χ1) is 18.8. The molecule has 0 unspecified atom stereocenters. The van der Waals surface area contributed by atoms with Crippen LogP contribution in [0.15, 0.2) is 81.1 Å². The Morgan fingerprint density at radius 1 is 1.13 bits per heavy atom. The normalized spacial score (nSPS) is 16.1. The van der Waals surface area contributed by atoms with Gasteiger partial charge in [0.2, 0.25) is 0 Å². The molecule has 1 fully saturated rings. The highest BCUT2D eigenvalue weighted by Gasteiger charge is 2.33. The summed E-state index contributed by atoms with van der Waals surface area (Å²) in [5.41, 5.74) is 2.34. The zero-order valence-electron chi connectivity index (χ0n) is 21.8. The van der Waals surface area contributed by atoms with E-state index in [0.717, 1.165) is 27.7 Å². The van der Waals surface area contributed by atoms with E-state index in [2.05, 4.69) is 22.9 Å². The summed E-state index contributed by atoms with van der Waals surface area (Å²) in [4.78, 5) is 31.6. The summed E-state index contributed by atoms with van der Waals surface area (Å²) >= 11 is 4.90. The fourth-order valence-corrected chi connectivity index (χ4v) is 5.31. The fraction of sp³-hybridized carbons (Fsp3) is 0.233. The summed E-state index contributed by atoms with van der Waals surface area (Å²) in [6.45, 7) is 6.66. The zero-order chi connectivity index (χ0) is 27.9. The van der Waals surface area contributed by atoms with Gasteiger partial charge in [-0.1, -0.05) is 49.4 Å². The van der Waals surface area contributed by atoms with Gasteiger partial charge < -0.3 is 19.4 Å². The molecule has 1 saturated heterocycles. The maximum atomic E-state index is 13.6. The van der Waals surface area contributed by atoms with Crippen molar-refractivity contribution in [1.29, 1.82) is 0 Å². The van der Waals surface area contributed by atoms with Gasteiger partial charge in [0.05, 0.1) is 40.3 Å². The number of ether oxygens (including phenoxy) is 2. The Morgan fingerprint density at radius 3 is 2.49 bits per heavy atom. The van der Waals surface area contributed by atoms with Gasteiger partial charge in [-0.05, 0) is 95.0 Å². The molecule has 1 aliphatic rings. The molecule has 0 radical (unpaired) electrons. The molecule has 9 heteroatoms. The molecule has 39 heavy (non-hydrogen) atoms. The summed E-state index contributed by atoms with van der Waals surface area (Å²) in [6, 6.07) is 19.5. The molecule has 3 aromatic carbocycles. The number of amides is 1. The molecule has 1 aliphatic heterocycles. The average Bonchev–Trinajstić information content (AvgIpc) is 3.20. The van der Waals surface area contributed by atoms with Crippen LogP contribution in [0.3, 0.4) is 0 Å². The van der Waals surface area contributed by atoms with Crippen molar-refractivity contribution in [1.82, 2.24) is 4.90 Å². The van der Waals surface area contributed by atoms with Crippen LogP contribution < -0.4 is 14.6 Å². The van der Waals surface area contributed by atoms with Crippen LogP contribution in [0.5, 0.6) is 11.5 Å². The fourth-order valence-electron chi connectivity index (χ4n) is 3.76. The molecular weight excluding hydrogens is 580 g/mol. The third-order valence-corrected chi connectivity index (χ3v) is 7.52. The Labute approximate surface area is 240 Å². The molecule has 1 atom stereocenters. The van der Waals surface area contributed by atoms with Crippen LogP contribution in [0, 0.1) is 0 Å². The van der Waals surface area contributed by atoms with Crippen molar-refractivity contribution >= 4 is 56.5 Å². The number of carboxylic acid groups (broad SMARTS) is 1. The number of amidine groups is 1. The number of carbonyl (C=O) groups is 2. The van der Waals surface area contributed by atoms with Crippen molar-refractivity contribution < 1.29 is 24.2 Å². The highest BCUT2D eigenvalue weighted by atomic mass is 79.9. The average molecular weight is 609 g/mol. The second-order valence-electron chi connectivity index (χ2n) is 8.82. The number of para-hydroxylation sites is 1. The molecule has 0 aliphatic carbocycles. The Balaban J connectivity index is 1.69. The summed E-state index contributed by atoms with van der Waals surface area (Å²) in [5.74, 6) is -0.221. The lowest BCUT2D eigenvalue weighted by atomic mass is 10.1. The van der Waals surface area contributed by atoms with Crippen LogP contribution in [-0.4, -0.2) is 34.7 Å². The van der Waals surface area contributed by atoms with E-state index in [0.29, 0.717) is 28.2 Å². The van der Waals surface area contributed by atoms with Gasteiger partial charge in [0, 0.05) is 0 Å². The lowest BCUT2D eigenvalue weighted by Crippen LogP contribution is -2.28. The molecule has 4 rings (SSSR count). The highest BCUT2D eigenvalue weighted by Crippen LogP contribution is 2.40. The van der Waals surface area contributed by atoms with Gasteiger partial charge >= 0.3 is 0 Å². The summed E-state index contributed by atoms with van der Waals surface area (Å²) in [6.07, 6.45) is 2.68. The number of rotatable bonds is 10. The van der Waals surface area contributed by atoms with Gasteiger partial charge in [0.1, 0.15) is 0 Å². The molecule has 0 spiro atoms. The van der Waals surface area contributed by atoms with Crippen LogP contribution in [0.4, 0.5) is 5.69 Å². The van der Waals surface area contributed by atoms with Crippen LogP contribution in [0.25, 0.3) is 6.08 Å². The van der Waals surface area contributed by atoms with Gasteiger partial charge in [-0.15, -0.1) is 0 Å². The second-order valence-corrected chi connectivity index (χ2v) is 10.7. The number of aliphatic imine (C=N–C) groups is 1. The molecular formula is C30H28BrN2O5S-. The molecule has 3 aromatic rings. The minimum absolute atomic E-state index is 0.0165. The Kier molecular flexibility index (Phi) is 9.48. The first-order valence-corrected chi connectivity index (χ1v) is 14.2. The third kappa shape index (κ3) is 7.10. The molecule has 202 valence electrons. The molecule has 0 bridgehead atoms. The predicted octanol–water partition coefficient (Wildman–Crippen LogP) is 6.19. The number of carbonyl (C=O) groups excluding carboxylic acids is 2. The van der Waals surface area contributed by atoms with Crippen LogP contribution >= 0.6 is 27.7 Å². The van der Waals surface area contributed by atoms with Crippen LogP contribution in [0.2, 0.25) is 0 Å². The number of hydrogen-bond acceptors (Lipinski definition) is 7. The number of hydrogen-bond donors (Lipinski definition) is 0. The summed E-state index contributed by atoms with van der Waals surface area (Å²) < 4.78 is 12.7. The molecule has 0 N–H and O–H groups in total. The number of thioether (sulfide) groups is 1. The topological polar surface area (TPSA) is 91.3 Å². The second kappa shape index (κ2) is 13.0. The van der Waals surface area contributed by atoms with Crippen molar-refractivity contribution in [3.63, 3.8) is 0 Å². The number of halogens is 1. The maximum absolute atomic E-state index is 13.6. The van der Waals surface area contributed by atoms with E-state index in [4.69, 9.17) is 14.5 Å². The van der Waals surface area contributed by atoms with Gasteiger partial charge in [-0.25, -0.2) is 4.99 Å². The summed E-state index contributed by atoms with van der Waals surface area (Å²) in [7, 11) is 0. The van der Waals surface area contributed by atoms with E-state index >= 15 is 0 Å². The first-order valence-electron chi connectivity index (χ1n) is 12.6. The number of benzene rings is 3. The first kappa shape index (κ1) is 28.4. The lowest BCUT2D eigenvalue weighted by molar-refractivity contribution is -0.255. The van der Waals surface area contributed by atoms with Crippen LogP contribution in [0.1, 0.15) is 48.7 Å². The third-order valence-electron chi connectivity index (χ3n) is 5.92. The van der Waals surface area contributed by atoms with E-state index in [1.165, 1.54) is 23.9 Å². The van der Waals surface area contributed by atoms with E-state index in [-0.39, 0.29) is 24.1 Å². The summed E-state index contributed by atoms with van der Waals surface area (Å²) in [5, 5.41) is 11.7. The molecule has 7 nitrogen and oxygen atoms in total. The van der Waals surface area contributed by atoms with E-state index in [9.17, 15) is 14.7 Å². The Morgan fingerprint density at radius 2 is 1.85 bits per heavy atom. The Bertz CT molecular complexity index is 1410. The van der Waals surface area contributed by atoms with Crippen molar-refractivity contribution in [3.05, 3.63) is 92.8 Å². The number of carboxylic acids is 1. The van der Waals surface area contributed by atoms with Gasteiger partial charge in [0.25, 0.3) is 5.91 Å². The lowest BCUT2D eigenvalue weighted by Gasteiger charge is -2.18. The zero-order valence-corrected chi connectivity index (χ0v) is 24.3. The minimum Gasteiger partial charge on any atom is -0.545 e. The predicted molar refractivity (Wildman–Crippen MR) is 156 cm³/mol. The SMILES string of the molecule is CCOc1cc(/C=C2\SC(=Nc3ccccc3)N(Cc3ccc(C(=O)[O-])cc3)C2=O)cc(Br)c1O[C@H](C)CC. The number of nitrogens with zero attached hydrogens (tertiary/aromatic N) is 2. The van der Waals surface area contributed by atoms with Crippen LogP contribution in [-0.2, 0) is 11.3 Å². The monoisotopic (exact) mass is 607 g/mol. The quantitative estimate of drug-likeness (QED) is 0.255. The van der Waals surface area contributed by atoms with E-state index in [1.807, 2.05) is 62.4 Å². The molecule has 0 aromatic heterocycles. The van der Waals surface area contributed by atoms with E-state index < -0.39 is 5.97 Å². The van der Waals surface area contributed by atoms with Crippen molar-refractivity contribution in [2.24, 2.45) is 4.99 Å². The van der Waals surface area contributed by atoms with E-state index in [1.54, 1.807) is 17.0 Å². The highest BCUT2D eigenvalue weighted by molar-refractivity contribution is 9.10. The van der Waals surface area contributed by atoms with Gasteiger partial charge in [0.15, 0.2) is 16.7 Å². The van der Waals surface area contributed by atoms with Crippen molar-refractivity contribution in [2.45, 2.75) is 39.8 Å². The number of aromatic carboxylic acids is 1. The largest absolute Gasteiger partial charge is 0.545 e. The molecule has 1 heterocycles. The maximum Gasteiger partial charge on any atom is 0.267 e. The minimum atomic E-state index is -1.25. The van der Waals surface area contributed by atoms with Crippen molar-refractivity contribution in [3.8, 4) is 11.5 Å². The van der Waals surface area contributed by atoms with Crippen molar-refractivity contribution in [2.75, 3.05) is 6.61 Å².